The van der Waals surface area contributed by atoms with E-state index < -0.39 is 0 Å². The SMILES string of the molecule is COCCNCc1ccc(-n2ccc(C)n2)c(C)c1. The highest BCUT2D eigenvalue weighted by Gasteiger charge is 2.03. The maximum absolute atomic E-state index is 5.01. The van der Waals surface area contributed by atoms with Crippen molar-refractivity contribution in [3.63, 3.8) is 0 Å². The number of ether oxygens (including phenoxy) is 1. The molecule has 0 atom stereocenters. The molecule has 102 valence electrons. The Morgan fingerprint density at radius 3 is 2.74 bits per heavy atom. The molecule has 4 nitrogen and oxygen atoms in total. The van der Waals surface area contributed by atoms with Crippen LogP contribution in [0.3, 0.4) is 0 Å². The highest BCUT2D eigenvalue weighted by molar-refractivity contribution is 5.42. The van der Waals surface area contributed by atoms with Gasteiger partial charge in [-0.2, -0.15) is 5.10 Å². The summed E-state index contributed by atoms with van der Waals surface area (Å²) >= 11 is 0. The highest BCUT2D eigenvalue weighted by Crippen LogP contribution is 2.15. The summed E-state index contributed by atoms with van der Waals surface area (Å²) < 4.78 is 6.93. The second kappa shape index (κ2) is 6.50. The number of hydrogen-bond acceptors (Lipinski definition) is 3. The lowest BCUT2D eigenvalue weighted by atomic mass is 10.1. The molecule has 1 N–H and O–H groups in total. The van der Waals surface area contributed by atoms with Crippen LogP contribution in [0.1, 0.15) is 16.8 Å². The lowest BCUT2D eigenvalue weighted by molar-refractivity contribution is 0.199. The van der Waals surface area contributed by atoms with Crippen molar-refractivity contribution in [1.82, 2.24) is 15.1 Å². The molecule has 0 saturated heterocycles. The van der Waals surface area contributed by atoms with Crippen molar-refractivity contribution in [2.24, 2.45) is 0 Å². The average molecular weight is 259 g/mol. The summed E-state index contributed by atoms with van der Waals surface area (Å²) in [6, 6.07) is 8.47. The summed E-state index contributed by atoms with van der Waals surface area (Å²) in [6.07, 6.45) is 1.99. The molecule has 0 fully saturated rings. The van der Waals surface area contributed by atoms with E-state index in [1.54, 1.807) is 7.11 Å². The van der Waals surface area contributed by atoms with E-state index in [1.807, 2.05) is 23.9 Å². The maximum Gasteiger partial charge on any atom is 0.0675 e. The summed E-state index contributed by atoms with van der Waals surface area (Å²) in [5, 5.41) is 7.79. The quantitative estimate of drug-likeness (QED) is 0.809. The molecule has 19 heavy (non-hydrogen) atoms. The molecule has 1 aromatic carbocycles. The number of nitrogens with zero attached hydrogens (tertiary/aromatic N) is 2. The monoisotopic (exact) mass is 259 g/mol. The van der Waals surface area contributed by atoms with Crippen LogP contribution in [0.15, 0.2) is 30.5 Å². The Labute approximate surface area is 114 Å². The van der Waals surface area contributed by atoms with Gasteiger partial charge >= 0.3 is 0 Å². The van der Waals surface area contributed by atoms with Crippen LogP contribution in [-0.4, -0.2) is 30.0 Å². The molecule has 0 unspecified atom stereocenters. The smallest absolute Gasteiger partial charge is 0.0675 e. The summed E-state index contributed by atoms with van der Waals surface area (Å²) in [6.45, 7) is 6.59. The number of aryl methyl sites for hydroxylation is 2. The standard InChI is InChI=1S/C15H21N3O/c1-12-10-14(11-16-7-9-19-3)4-5-15(12)18-8-6-13(2)17-18/h4-6,8,10,16H,7,9,11H2,1-3H3. The number of rotatable bonds is 6. The van der Waals surface area contributed by atoms with Crippen molar-refractivity contribution in [3.05, 3.63) is 47.3 Å². The Balaban J connectivity index is 2.05. The first-order chi connectivity index (χ1) is 9.20. The van der Waals surface area contributed by atoms with Crippen LogP contribution < -0.4 is 5.32 Å². The van der Waals surface area contributed by atoms with Crippen LogP contribution in [0.2, 0.25) is 0 Å². The lowest BCUT2D eigenvalue weighted by Gasteiger charge is -2.09. The fraction of sp³-hybridized carbons (Fsp3) is 0.400. The third kappa shape index (κ3) is 3.66. The number of nitrogens with one attached hydrogen (secondary N) is 1. The molecule has 1 aromatic heterocycles. The van der Waals surface area contributed by atoms with E-state index in [9.17, 15) is 0 Å². The van der Waals surface area contributed by atoms with Gasteiger partial charge in [0.1, 0.15) is 0 Å². The van der Waals surface area contributed by atoms with Crippen molar-refractivity contribution >= 4 is 0 Å². The van der Waals surface area contributed by atoms with Crippen molar-refractivity contribution in [3.8, 4) is 5.69 Å². The molecular formula is C15H21N3O. The third-order valence-electron chi connectivity index (χ3n) is 3.04. The van der Waals surface area contributed by atoms with Gasteiger partial charge in [0, 0.05) is 26.4 Å². The average Bonchev–Trinajstić information content (AvgIpc) is 2.81. The molecule has 0 radical (unpaired) electrons. The molecule has 0 spiro atoms. The van der Waals surface area contributed by atoms with Crippen LogP contribution in [0, 0.1) is 13.8 Å². The third-order valence-corrected chi connectivity index (χ3v) is 3.04. The van der Waals surface area contributed by atoms with E-state index in [0.717, 1.165) is 31.1 Å². The van der Waals surface area contributed by atoms with Crippen LogP contribution >= 0.6 is 0 Å². The Morgan fingerprint density at radius 1 is 1.26 bits per heavy atom. The number of aromatic nitrogens is 2. The van der Waals surface area contributed by atoms with Gasteiger partial charge in [-0.05, 0) is 37.1 Å². The van der Waals surface area contributed by atoms with Gasteiger partial charge in [-0.3, -0.25) is 0 Å². The zero-order valence-corrected chi connectivity index (χ0v) is 11.8. The fourth-order valence-electron chi connectivity index (χ4n) is 2.04. The number of methoxy groups -OCH3 is 1. The van der Waals surface area contributed by atoms with Gasteiger partial charge in [0.05, 0.1) is 18.0 Å². The van der Waals surface area contributed by atoms with Gasteiger partial charge in [0.15, 0.2) is 0 Å². The zero-order valence-electron chi connectivity index (χ0n) is 11.8. The summed E-state index contributed by atoms with van der Waals surface area (Å²) in [4.78, 5) is 0. The Morgan fingerprint density at radius 2 is 2.11 bits per heavy atom. The Hall–Kier alpha value is -1.65. The number of benzene rings is 1. The first kappa shape index (κ1) is 13.8. The van der Waals surface area contributed by atoms with Gasteiger partial charge in [-0.15, -0.1) is 0 Å². The lowest BCUT2D eigenvalue weighted by Crippen LogP contribution is -2.18. The van der Waals surface area contributed by atoms with Crippen molar-refractivity contribution in [2.75, 3.05) is 20.3 Å². The Bertz CT molecular complexity index is 534. The van der Waals surface area contributed by atoms with Gasteiger partial charge in [-0.25, -0.2) is 4.68 Å². The first-order valence-electron chi connectivity index (χ1n) is 6.52. The van der Waals surface area contributed by atoms with E-state index in [2.05, 4.69) is 35.5 Å². The van der Waals surface area contributed by atoms with Gasteiger partial charge in [-0.1, -0.05) is 12.1 Å². The normalized spacial score (nSPS) is 10.9. The summed E-state index contributed by atoms with van der Waals surface area (Å²) in [5.41, 5.74) is 4.67. The fourth-order valence-corrected chi connectivity index (χ4v) is 2.04. The van der Waals surface area contributed by atoms with E-state index in [1.165, 1.54) is 11.1 Å². The second-order valence-corrected chi connectivity index (χ2v) is 4.69. The largest absolute Gasteiger partial charge is 0.383 e. The van der Waals surface area contributed by atoms with Crippen LogP contribution in [0.5, 0.6) is 0 Å². The molecule has 0 bridgehead atoms. The highest BCUT2D eigenvalue weighted by atomic mass is 16.5. The molecule has 0 aliphatic heterocycles. The van der Waals surface area contributed by atoms with Crippen molar-refractivity contribution < 1.29 is 4.74 Å². The summed E-state index contributed by atoms with van der Waals surface area (Å²) in [5.74, 6) is 0. The predicted octanol–water partition coefficient (Wildman–Crippen LogP) is 2.23. The molecule has 0 saturated carbocycles. The molecule has 2 aromatic rings. The second-order valence-electron chi connectivity index (χ2n) is 4.69. The van der Waals surface area contributed by atoms with Crippen LogP contribution in [0.25, 0.3) is 5.69 Å². The minimum absolute atomic E-state index is 0.740. The van der Waals surface area contributed by atoms with Crippen LogP contribution in [-0.2, 0) is 11.3 Å². The Kier molecular flexibility index (Phi) is 4.71. The van der Waals surface area contributed by atoms with E-state index in [0.29, 0.717) is 0 Å². The molecule has 1 heterocycles. The minimum Gasteiger partial charge on any atom is -0.383 e. The van der Waals surface area contributed by atoms with Crippen molar-refractivity contribution in [2.45, 2.75) is 20.4 Å². The maximum atomic E-state index is 5.01. The molecular weight excluding hydrogens is 238 g/mol. The van der Waals surface area contributed by atoms with Gasteiger partial charge in [0.25, 0.3) is 0 Å². The first-order valence-corrected chi connectivity index (χ1v) is 6.52. The zero-order chi connectivity index (χ0) is 13.7. The van der Waals surface area contributed by atoms with Gasteiger partial charge < -0.3 is 10.1 Å². The molecule has 4 heteroatoms. The summed E-state index contributed by atoms with van der Waals surface area (Å²) in [7, 11) is 1.71. The molecule has 0 aliphatic rings. The molecule has 2 rings (SSSR count). The van der Waals surface area contributed by atoms with Gasteiger partial charge in [0.2, 0.25) is 0 Å². The topological polar surface area (TPSA) is 39.1 Å². The molecule has 0 amide bonds. The van der Waals surface area contributed by atoms with E-state index >= 15 is 0 Å². The molecule has 0 aliphatic carbocycles. The van der Waals surface area contributed by atoms with E-state index in [4.69, 9.17) is 4.74 Å². The predicted molar refractivity (Wildman–Crippen MR) is 76.6 cm³/mol. The van der Waals surface area contributed by atoms with E-state index in [-0.39, 0.29) is 0 Å². The number of hydrogen-bond donors (Lipinski definition) is 1. The van der Waals surface area contributed by atoms with Crippen LogP contribution in [0.4, 0.5) is 0 Å². The van der Waals surface area contributed by atoms with Crippen molar-refractivity contribution in [1.29, 1.82) is 0 Å². The minimum atomic E-state index is 0.740.